The molecule has 6 nitrogen and oxygen atoms in total. The second-order valence-corrected chi connectivity index (χ2v) is 7.65. The summed E-state index contributed by atoms with van der Waals surface area (Å²) in [6.07, 6.45) is -0.00194. The topological polar surface area (TPSA) is 69.6 Å². The third-order valence-corrected chi connectivity index (χ3v) is 5.34. The summed E-state index contributed by atoms with van der Waals surface area (Å²) in [5.41, 5.74) is 2.82. The van der Waals surface area contributed by atoms with Crippen LogP contribution in [-0.2, 0) is 17.8 Å². The van der Waals surface area contributed by atoms with E-state index >= 15 is 0 Å². The molecule has 0 atom stereocenters. The van der Waals surface area contributed by atoms with Crippen LogP contribution in [-0.4, -0.2) is 52.4 Å². The number of aromatic nitrogens is 2. The number of rotatable bonds is 5. The Labute approximate surface area is 186 Å². The standard InChI is InChI=1S/C25H23FN4O2/c26-23-4-2-1-3-21(23)18-29-13-15-30(16-14-29)24-12-11-22(27-28-24)10-9-19-5-7-20(8-6-19)17-25(31)32/h1-8,11-12H,13-18H2,(H,31,32). The van der Waals surface area contributed by atoms with Gasteiger partial charge in [0.2, 0.25) is 0 Å². The molecule has 1 N–H and O–H groups in total. The second kappa shape index (κ2) is 10.0. The van der Waals surface area contributed by atoms with Crippen LogP contribution in [0, 0.1) is 17.7 Å². The number of hydrogen-bond acceptors (Lipinski definition) is 5. The van der Waals surface area contributed by atoms with E-state index in [1.54, 1.807) is 30.3 Å². The molecule has 0 unspecified atom stereocenters. The van der Waals surface area contributed by atoms with Gasteiger partial charge in [0, 0.05) is 43.9 Å². The lowest BCUT2D eigenvalue weighted by Crippen LogP contribution is -2.46. The third kappa shape index (κ3) is 5.68. The highest BCUT2D eigenvalue weighted by Gasteiger charge is 2.19. The number of halogens is 1. The molecule has 0 aliphatic carbocycles. The highest BCUT2D eigenvalue weighted by Crippen LogP contribution is 2.16. The first kappa shape index (κ1) is 21.5. The van der Waals surface area contributed by atoms with Crippen molar-refractivity contribution < 1.29 is 14.3 Å². The minimum atomic E-state index is -0.856. The van der Waals surface area contributed by atoms with E-state index in [0.717, 1.165) is 48.7 Å². The second-order valence-electron chi connectivity index (χ2n) is 7.65. The Balaban J connectivity index is 1.31. The van der Waals surface area contributed by atoms with Gasteiger partial charge in [-0.25, -0.2) is 4.39 Å². The molecule has 3 aromatic rings. The summed E-state index contributed by atoms with van der Waals surface area (Å²) >= 11 is 0. The number of carboxylic acids is 1. The van der Waals surface area contributed by atoms with Gasteiger partial charge in [-0.2, -0.15) is 0 Å². The van der Waals surface area contributed by atoms with Gasteiger partial charge in [-0.15, -0.1) is 10.2 Å². The molecule has 2 heterocycles. The fraction of sp³-hybridized carbons (Fsp3) is 0.240. The highest BCUT2D eigenvalue weighted by molar-refractivity contribution is 5.70. The van der Waals surface area contributed by atoms with Crippen molar-refractivity contribution in [2.45, 2.75) is 13.0 Å². The lowest BCUT2D eigenvalue weighted by molar-refractivity contribution is -0.136. The van der Waals surface area contributed by atoms with Crippen LogP contribution in [0.3, 0.4) is 0 Å². The summed E-state index contributed by atoms with van der Waals surface area (Å²) in [5.74, 6) is 5.80. The molecule has 0 saturated carbocycles. The minimum Gasteiger partial charge on any atom is -0.481 e. The Bertz CT molecular complexity index is 1130. The molecule has 0 spiro atoms. The molecule has 32 heavy (non-hydrogen) atoms. The van der Waals surface area contributed by atoms with E-state index in [0.29, 0.717) is 12.2 Å². The molecule has 1 fully saturated rings. The van der Waals surface area contributed by atoms with Gasteiger partial charge in [0.15, 0.2) is 5.82 Å². The van der Waals surface area contributed by atoms with Gasteiger partial charge in [-0.1, -0.05) is 36.3 Å². The van der Waals surface area contributed by atoms with Gasteiger partial charge in [0.05, 0.1) is 6.42 Å². The van der Waals surface area contributed by atoms with Crippen LogP contribution < -0.4 is 4.90 Å². The van der Waals surface area contributed by atoms with Crippen molar-refractivity contribution in [3.05, 3.63) is 88.9 Å². The molecule has 2 aromatic carbocycles. The Morgan fingerprint density at radius 1 is 0.938 bits per heavy atom. The Hall–Kier alpha value is -3.76. The van der Waals surface area contributed by atoms with E-state index in [9.17, 15) is 9.18 Å². The molecule has 4 rings (SSSR count). The zero-order chi connectivity index (χ0) is 22.3. The van der Waals surface area contributed by atoms with Gasteiger partial charge in [0.25, 0.3) is 0 Å². The first-order chi connectivity index (χ1) is 15.6. The molecular weight excluding hydrogens is 407 g/mol. The molecule has 0 bridgehead atoms. The molecule has 0 radical (unpaired) electrons. The summed E-state index contributed by atoms with van der Waals surface area (Å²) in [6, 6.07) is 17.8. The average molecular weight is 430 g/mol. The number of aliphatic carboxylic acids is 1. The van der Waals surface area contributed by atoms with E-state index in [-0.39, 0.29) is 12.2 Å². The minimum absolute atomic E-state index is 0.00194. The van der Waals surface area contributed by atoms with Gasteiger partial charge in [0.1, 0.15) is 11.5 Å². The van der Waals surface area contributed by atoms with Crippen LogP contribution in [0.5, 0.6) is 0 Å². The van der Waals surface area contributed by atoms with Crippen LogP contribution in [0.4, 0.5) is 10.2 Å². The van der Waals surface area contributed by atoms with Gasteiger partial charge >= 0.3 is 5.97 Å². The number of hydrogen-bond donors (Lipinski definition) is 1. The van der Waals surface area contributed by atoms with E-state index in [1.165, 1.54) is 6.07 Å². The first-order valence-electron chi connectivity index (χ1n) is 10.4. The zero-order valence-corrected chi connectivity index (χ0v) is 17.5. The number of carboxylic acid groups (broad SMARTS) is 1. The highest BCUT2D eigenvalue weighted by atomic mass is 19.1. The third-order valence-electron chi connectivity index (χ3n) is 5.34. The van der Waals surface area contributed by atoms with Gasteiger partial charge in [-0.05, 0) is 41.8 Å². The van der Waals surface area contributed by atoms with E-state index < -0.39 is 5.97 Å². The maximum atomic E-state index is 13.9. The molecule has 1 aliphatic heterocycles. The monoisotopic (exact) mass is 430 g/mol. The van der Waals surface area contributed by atoms with Crippen molar-refractivity contribution >= 4 is 11.8 Å². The zero-order valence-electron chi connectivity index (χ0n) is 17.5. The smallest absolute Gasteiger partial charge is 0.307 e. The number of piperazine rings is 1. The van der Waals surface area contributed by atoms with Crippen LogP contribution in [0.15, 0.2) is 60.7 Å². The largest absolute Gasteiger partial charge is 0.481 e. The lowest BCUT2D eigenvalue weighted by atomic mass is 10.1. The molecular formula is C25H23FN4O2. The van der Waals surface area contributed by atoms with E-state index in [4.69, 9.17) is 5.11 Å². The summed E-state index contributed by atoms with van der Waals surface area (Å²) in [4.78, 5) is 15.2. The Morgan fingerprint density at radius 3 is 2.34 bits per heavy atom. The molecule has 1 aromatic heterocycles. The summed E-state index contributed by atoms with van der Waals surface area (Å²) in [5, 5.41) is 17.4. The van der Waals surface area contributed by atoms with Crippen LogP contribution in [0.2, 0.25) is 0 Å². The maximum Gasteiger partial charge on any atom is 0.307 e. The first-order valence-corrected chi connectivity index (χ1v) is 10.4. The van der Waals surface area contributed by atoms with Crippen molar-refractivity contribution in [3.63, 3.8) is 0 Å². The quantitative estimate of drug-likeness (QED) is 0.628. The van der Waals surface area contributed by atoms with Crippen molar-refractivity contribution in [2.75, 3.05) is 31.1 Å². The lowest BCUT2D eigenvalue weighted by Gasteiger charge is -2.35. The molecule has 0 amide bonds. The Morgan fingerprint density at radius 2 is 1.69 bits per heavy atom. The number of benzene rings is 2. The van der Waals surface area contributed by atoms with Gasteiger partial charge < -0.3 is 10.0 Å². The predicted molar refractivity (Wildman–Crippen MR) is 120 cm³/mol. The fourth-order valence-electron chi connectivity index (χ4n) is 3.58. The summed E-state index contributed by atoms with van der Waals surface area (Å²) in [7, 11) is 0. The van der Waals surface area contributed by atoms with Crippen molar-refractivity contribution in [3.8, 4) is 11.8 Å². The van der Waals surface area contributed by atoms with Crippen molar-refractivity contribution in [2.24, 2.45) is 0 Å². The normalized spacial score (nSPS) is 14.0. The molecule has 1 aliphatic rings. The van der Waals surface area contributed by atoms with Crippen molar-refractivity contribution in [1.29, 1.82) is 0 Å². The van der Waals surface area contributed by atoms with Crippen LogP contribution in [0.1, 0.15) is 22.4 Å². The maximum absolute atomic E-state index is 13.9. The SMILES string of the molecule is O=C(O)Cc1ccc(C#Cc2ccc(N3CCN(Cc4ccccc4F)CC3)nn2)cc1. The average Bonchev–Trinajstić information content (AvgIpc) is 2.81. The fourth-order valence-corrected chi connectivity index (χ4v) is 3.58. The Kier molecular flexibility index (Phi) is 6.73. The molecule has 1 saturated heterocycles. The van der Waals surface area contributed by atoms with Crippen LogP contribution >= 0.6 is 0 Å². The molecule has 7 heteroatoms. The summed E-state index contributed by atoms with van der Waals surface area (Å²) in [6.45, 7) is 3.87. The van der Waals surface area contributed by atoms with E-state index in [2.05, 4.69) is 31.8 Å². The summed E-state index contributed by atoms with van der Waals surface area (Å²) < 4.78 is 13.9. The van der Waals surface area contributed by atoms with E-state index in [1.807, 2.05) is 24.3 Å². The van der Waals surface area contributed by atoms with Gasteiger partial charge in [-0.3, -0.25) is 9.69 Å². The number of anilines is 1. The van der Waals surface area contributed by atoms with Crippen LogP contribution in [0.25, 0.3) is 0 Å². The van der Waals surface area contributed by atoms with Crippen molar-refractivity contribution in [1.82, 2.24) is 15.1 Å². The number of nitrogens with zero attached hydrogens (tertiary/aromatic N) is 4. The number of carbonyl (C=O) groups is 1. The predicted octanol–water partition coefficient (Wildman–Crippen LogP) is 2.96. The molecule has 162 valence electrons.